The van der Waals surface area contributed by atoms with Crippen molar-refractivity contribution in [3.05, 3.63) is 0 Å². The van der Waals surface area contributed by atoms with Gasteiger partial charge in [-0.2, -0.15) is 0 Å². The van der Waals surface area contributed by atoms with Crippen LogP contribution in [0.25, 0.3) is 0 Å². The van der Waals surface area contributed by atoms with Crippen LogP contribution >= 0.6 is 0 Å². The van der Waals surface area contributed by atoms with E-state index in [9.17, 15) is 9.59 Å². The number of carbonyl (C=O) groups excluding carboxylic acids is 1. The minimum atomic E-state index is -0.866. The molecule has 0 aliphatic heterocycles. The molecule has 0 saturated carbocycles. The number of hydrogen-bond donors (Lipinski definition) is 2. The quantitative estimate of drug-likeness (QED) is 0.575. The average Bonchev–Trinajstić information content (AvgIpc) is 2.25. The summed E-state index contributed by atoms with van der Waals surface area (Å²) < 4.78 is 0. The van der Waals surface area contributed by atoms with Gasteiger partial charge in [0.25, 0.3) is 0 Å². The molecule has 0 saturated heterocycles. The predicted molar refractivity (Wildman–Crippen MR) is 62.0 cm³/mol. The number of hydrogen-bond acceptors (Lipinski definition) is 3. The Bertz CT molecular complexity index is 219. The second-order valence-corrected chi connectivity index (χ2v) is 3.72. The Morgan fingerprint density at radius 1 is 1.19 bits per heavy atom. The number of unbranched alkanes of at least 4 members (excludes halogenated alkanes) is 2. The molecule has 0 radical (unpaired) electrons. The fourth-order valence-corrected chi connectivity index (χ4v) is 1.45. The van der Waals surface area contributed by atoms with Crippen molar-refractivity contribution >= 4 is 11.9 Å². The molecular weight excluding hydrogens is 208 g/mol. The Morgan fingerprint density at radius 2 is 1.88 bits per heavy atom. The van der Waals surface area contributed by atoms with Crippen LogP contribution in [0.4, 0.5) is 0 Å². The molecule has 5 nitrogen and oxygen atoms in total. The number of carboxylic acid groups (broad SMARTS) is 1. The van der Waals surface area contributed by atoms with Crippen molar-refractivity contribution in [3.8, 4) is 0 Å². The smallest absolute Gasteiger partial charge is 0.305 e. The maximum absolute atomic E-state index is 11.7. The third-order valence-corrected chi connectivity index (χ3v) is 2.42. The summed E-state index contributed by atoms with van der Waals surface area (Å²) in [6.45, 7) is 3.40. The molecule has 0 rings (SSSR count). The van der Waals surface area contributed by atoms with E-state index < -0.39 is 5.97 Å². The van der Waals surface area contributed by atoms with Crippen LogP contribution in [0.1, 0.15) is 39.0 Å². The zero-order valence-electron chi connectivity index (χ0n) is 9.95. The van der Waals surface area contributed by atoms with E-state index in [4.69, 9.17) is 10.8 Å². The lowest BCUT2D eigenvalue weighted by Gasteiger charge is -2.19. The van der Waals surface area contributed by atoms with E-state index >= 15 is 0 Å². The molecule has 94 valence electrons. The van der Waals surface area contributed by atoms with Gasteiger partial charge in [0.15, 0.2) is 0 Å². The van der Waals surface area contributed by atoms with Crippen molar-refractivity contribution in [3.63, 3.8) is 0 Å². The average molecular weight is 230 g/mol. The van der Waals surface area contributed by atoms with Gasteiger partial charge in [-0.05, 0) is 26.3 Å². The van der Waals surface area contributed by atoms with Gasteiger partial charge in [-0.25, -0.2) is 0 Å². The molecule has 0 fully saturated rings. The highest BCUT2D eigenvalue weighted by Crippen LogP contribution is 2.03. The molecule has 0 aromatic rings. The molecule has 0 spiro atoms. The summed E-state index contributed by atoms with van der Waals surface area (Å²) >= 11 is 0. The molecular formula is C11H22N2O3. The van der Waals surface area contributed by atoms with Crippen molar-refractivity contribution in [2.75, 3.05) is 19.6 Å². The number of aliphatic carboxylic acids is 1. The largest absolute Gasteiger partial charge is 0.481 e. The van der Waals surface area contributed by atoms with Gasteiger partial charge < -0.3 is 15.7 Å². The normalized spacial score (nSPS) is 10.1. The van der Waals surface area contributed by atoms with Gasteiger partial charge in [-0.1, -0.05) is 6.42 Å². The molecule has 0 aliphatic rings. The van der Waals surface area contributed by atoms with Gasteiger partial charge >= 0.3 is 5.97 Å². The van der Waals surface area contributed by atoms with E-state index in [0.29, 0.717) is 26.1 Å². The summed E-state index contributed by atoms with van der Waals surface area (Å²) in [5, 5.41) is 8.53. The van der Waals surface area contributed by atoms with Gasteiger partial charge in [0.1, 0.15) is 0 Å². The minimum Gasteiger partial charge on any atom is -0.481 e. The number of carbonyl (C=O) groups is 2. The number of rotatable bonds is 9. The van der Waals surface area contributed by atoms with Gasteiger partial charge in [0.2, 0.25) is 5.91 Å². The van der Waals surface area contributed by atoms with Crippen LogP contribution in [0.2, 0.25) is 0 Å². The van der Waals surface area contributed by atoms with Gasteiger partial charge in [0, 0.05) is 19.5 Å². The first-order chi connectivity index (χ1) is 7.61. The molecule has 0 bridgehead atoms. The Kier molecular flexibility index (Phi) is 8.52. The molecule has 1 amide bonds. The third kappa shape index (κ3) is 7.23. The van der Waals surface area contributed by atoms with Crippen LogP contribution in [0.3, 0.4) is 0 Å². The first-order valence-electron chi connectivity index (χ1n) is 5.81. The molecule has 0 atom stereocenters. The SMILES string of the molecule is CCN(CCC(=O)O)C(=O)CCCCCN. The number of amides is 1. The lowest BCUT2D eigenvalue weighted by Crippen LogP contribution is -2.32. The molecule has 0 aromatic carbocycles. The second-order valence-electron chi connectivity index (χ2n) is 3.72. The van der Waals surface area contributed by atoms with E-state index in [0.717, 1.165) is 19.3 Å². The summed E-state index contributed by atoms with van der Waals surface area (Å²) in [5.74, 6) is -0.824. The highest BCUT2D eigenvalue weighted by molar-refractivity contribution is 5.76. The van der Waals surface area contributed by atoms with E-state index in [1.54, 1.807) is 4.90 Å². The molecule has 3 N–H and O–H groups in total. The maximum Gasteiger partial charge on any atom is 0.305 e. The van der Waals surface area contributed by atoms with Crippen LogP contribution in [0.5, 0.6) is 0 Å². The Balaban J connectivity index is 3.77. The van der Waals surface area contributed by atoms with Crippen LogP contribution < -0.4 is 5.73 Å². The summed E-state index contributed by atoms with van der Waals surface area (Å²) in [6.07, 6.45) is 3.24. The lowest BCUT2D eigenvalue weighted by molar-refractivity contribution is -0.138. The molecule has 16 heavy (non-hydrogen) atoms. The molecule has 0 unspecified atom stereocenters. The van der Waals surface area contributed by atoms with Crippen molar-refractivity contribution < 1.29 is 14.7 Å². The topological polar surface area (TPSA) is 83.6 Å². The Morgan fingerprint density at radius 3 is 2.38 bits per heavy atom. The summed E-state index contributed by atoms with van der Waals surface area (Å²) in [7, 11) is 0. The number of carboxylic acids is 1. The van der Waals surface area contributed by atoms with Crippen LogP contribution in [-0.4, -0.2) is 41.5 Å². The standard InChI is InChI=1S/C11H22N2O3/c1-2-13(9-7-11(15)16)10(14)6-4-3-5-8-12/h2-9,12H2,1H3,(H,15,16). The molecule has 0 heterocycles. The fraction of sp³-hybridized carbons (Fsp3) is 0.818. The predicted octanol–water partition coefficient (Wildman–Crippen LogP) is 0.829. The monoisotopic (exact) mass is 230 g/mol. The first kappa shape index (κ1) is 14.9. The van der Waals surface area contributed by atoms with E-state index in [1.165, 1.54) is 0 Å². The van der Waals surface area contributed by atoms with Gasteiger partial charge in [0.05, 0.1) is 6.42 Å². The molecule has 5 heteroatoms. The summed E-state index contributed by atoms with van der Waals surface area (Å²) in [4.78, 5) is 23.6. The van der Waals surface area contributed by atoms with Crippen molar-refractivity contribution in [1.29, 1.82) is 0 Å². The van der Waals surface area contributed by atoms with E-state index in [1.807, 2.05) is 6.92 Å². The van der Waals surface area contributed by atoms with Gasteiger partial charge in [-0.15, -0.1) is 0 Å². The fourth-order valence-electron chi connectivity index (χ4n) is 1.45. The van der Waals surface area contributed by atoms with Crippen molar-refractivity contribution in [1.82, 2.24) is 4.90 Å². The van der Waals surface area contributed by atoms with Crippen LogP contribution in [0, 0.1) is 0 Å². The van der Waals surface area contributed by atoms with Crippen molar-refractivity contribution in [2.45, 2.75) is 39.0 Å². The highest BCUT2D eigenvalue weighted by atomic mass is 16.4. The number of nitrogens with two attached hydrogens (primary N) is 1. The zero-order chi connectivity index (χ0) is 12.4. The van der Waals surface area contributed by atoms with Crippen LogP contribution in [0.15, 0.2) is 0 Å². The number of nitrogens with zero attached hydrogens (tertiary/aromatic N) is 1. The maximum atomic E-state index is 11.7. The Hall–Kier alpha value is -1.10. The lowest BCUT2D eigenvalue weighted by atomic mass is 10.2. The second kappa shape index (κ2) is 9.15. The first-order valence-corrected chi connectivity index (χ1v) is 5.81. The van der Waals surface area contributed by atoms with E-state index in [2.05, 4.69) is 0 Å². The van der Waals surface area contributed by atoms with E-state index in [-0.39, 0.29) is 12.3 Å². The van der Waals surface area contributed by atoms with Crippen molar-refractivity contribution in [2.24, 2.45) is 5.73 Å². The molecule has 0 aliphatic carbocycles. The minimum absolute atomic E-state index is 0.0162. The molecule has 0 aromatic heterocycles. The highest BCUT2D eigenvalue weighted by Gasteiger charge is 2.12. The third-order valence-electron chi connectivity index (χ3n) is 2.42. The van der Waals surface area contributed by atoms with Crippen LogP contribution in [-0.2, 0) is 9.59 Å². The van der Waals surface area contributed by atoms with Gasteiger partial charge in [-0.3, -0.25) is 9.59 Å². The zero-order valence-corrected chi connectivity index (χ0v) is 9.95. The Labute approximate surface area is 96.6 Å². The summed E-state index contributed by atoms with van der Waals surface area (Å²) in [5.41, 5.74) is 5.35. The summed E-state index contributed by atoms with van der Waals surface area (Å²) in [6, 6.07) is 0.